The van der Waals surface area contributed by atoms with Crippen molar-refractivity contribution < 1.29 is 8.78 Å². The lowest BCUT2D eigenvalue weighted by Gasteiger charge is -2.15. The quantitative estimate of drug-likeness (QED) is 0.888. The van der Waals surface area contributed by atoms with E-state index in [2.05, 4.69) is 25.2 Å². The Kier molecular flexibility index (Phi) is 4.32. The van der Waals surface area contributed by atoms with E-state index in [1.165, 1.54) is 27.5 Å². The molecule has 0 amide bonds. The normalized spacial score (nSPS) is 12.7. The first-order chi connectivity index (χ1) is 9.01. The van der Waals surface area contributed by atoms with Crippen molar-refractivity contribution in [2.75, 3.05) is 7.05 Å². The van der Waals surface area contributed by atoms with E-state index in [-0.39, 0.29) is 6.04 Å². The van der Waals surface area contributed by atoms with Crippen LogP contribution in [0.25, 0.3) is 0 Å². The second-order valence-corrected chi connectivity index (χ2v) is 5.96. The van der Waals surface area contributed by atoms with Gasteiger partial charge in [-0.1, -0.05) is 6.07 Å². The summed E-state index contributed by atoms with van der Waals surface area (Å²) in [5.74, 6) is -1.02. The molecule has 0 saturated heterocycles. The first kappa shape index (κ1) is 14.2. The maximum atomic E-state index is 13.7. The van der Waals surface area contributed by atoms with Gasteiger partial charge < -0.3 is 5.32 Å². The molecule has 0 aliphatic carbocycles. The van der Waals surface area contributed by atoms with Gasteiger partial charge in [-0.2, -0.15) is 0 Å². The molecule has 0 spiro atoms. The topological polar surface area (TPSA) is 12.0 Å². The van der Waals surface area contributed by atoms with Gasteiger partial charge in [0.1, 0.15) is 11.6 Å². The molecule has 1 heterocycles. The molecule has 1 N–H and O–H groups in total. The fourth-order valence-corrected chi connectivity index (χ4v) is 3.18. The highest BCUT2D eigenvalue weighted by Crippen LogP contribution is 2.29. The first-order valence-corrected chi connectivity index (χ1v) is 7.01. The number of hydrogen-bond donors (Lipinski definition) is 1. The number of benzene rings is 1. The Morgan fingerprint density at radius 3 is 2.47 bits per heavy atom. The molecule has 1 unspecified atom stereocenters. The number of hydrogen-bond acceptors (Lipinski definition) is 2. The monoisotopic (exact) mass is 281 g/mol. The van der Waals surface area contributed by atoms with Crippen LogP contribution in [-0.4, -0.2) is 7.05 Å². The number of aryl methyl sites for hydroxylation is 2. The van der Waals surface area contributed by atoms with Crippen LogP contribution in [0.2, 0.25) is 0 Å². The van der Waals surface area contributed by atoms with Crippen LogP contribution in [0.5, 0.6) is 0 Å². The Labute approximate surface area is 116 Å². The molecule has 1 aromatic carbocycles. The van der Waals surface area contributed by atoms with Gasteiger partial charge in [-0.15, -0.1) is 11.3 Å². The van der Waals surface area contributed by atoms with Crippen molar-refractivity contribution in [3.63, 3.8) is 0 Å². The van der Waals surface area contributed by atoms with E-state index >= 15 is 0 Å². The van der Waals surface area contributed by atoms with Crippen LogP contribution in [0.4, 0.5) is 8.78 Å². The molecule has 0 saturated carbocycles. The minimum Gasteiger partial charge on any atom is -0.312 e. The van der Waals surface area contributed by atoms with E-state index in [0.29, 0.717) is 12.0 Å². The minimum atomic E-state index is -0.537. The van der Waals surface area contributed by atoms with Crippen LogP contribution in [0.15, 0.2) is 24.3 Å². The molecule has 1 nitrogen and oxygen atoms in total. The highest BCUT2D eigenvalue weighted by molar-refractivity contribution is 7.12. The summed E-state index contributed by atoms with van der Waals surface area (Å²) in [6.45, 7) is 4.15. The predicted molar refractivity (Wildman–Crippen MR) is 75.7 cm³/mol. The fraction of sp³-hybridized carbons (Fsp3) is 0.333. The fourth-order valence-electron chi connectivity index (χ4n) is 2.03. The Morgan fingerprint density at radius 2 is 1.95 bits per heavy atom. The van der Waals surface area contributed by atoms with Crippen molar-refractivity contribution in [2.45, 2.75) is 26.3 Å². The lowest BCUT2D eigenvalue weighted by molar-refractivity contribution is 0.544. The van der Waals surface area contributed by atoms with Crippen molar-refractivity contribution >= 4 is 11.3 Å². The van der Waals surface area contributed by atoms with Gasteiger partial charge in [0.2, 0.25) is 0 Å². The van der Waals surface area contributed by atoms with Gasteiger partial charge in [0, 0.05) is 21.9 Å². The van der Waals surface area contributed by atoms with Gasteiger partial charge in [-0.3, -0.25) is 0 Å². The smallest absolute Gasteiger partial charge is 0.129 e. The van der Waals surface area contributed by atoms with Crippen molar-refractivity contribution in [1.29, 1.82) is 0 Å². The van der Waals surface area contributed by atoms with E-state index in [0.717, 1.165) is 6.07 Å². The molecule has 1 atom stereocenters. The summed E-state index contributed by atoms with van der Waals surface area (Å²) in [7, 11) is 1.86. The Hall–Kier alpha value is -1.26. The van der Waals surface area contributed by atoms with E-state index in [9.17, 15) is 8.78 Å². The largest absolute Gasteiger partial charge is 0.312 e. The molecular formula is C15H17F2NS. The highest BCUT2D eigenvalue weighted by atomic mass is 32.1. The number of nitrogens with one attached hydrogen (secondary N) is 1. The zero-order valence-electron chi connectivity index (χ0n) is 11.3. The van der Waals surface area contributed by atoms with Crippen LogP contribution in [0.1, 0.15) is 26.9 Å². The standard InChI is InChI=1S/C15H17F2NS/c1-9-6-15(19-10(9)2)14(18-3)7-11-4-5-12(16)8-13(11)17/h4-6,8,14,18H,7H2,1-3H3. The molecule has 19 heavy (non-hydrogen) atoms. The molecule has 0 bridgehead atoms. The molecule has 1 aromatic heterocycles. The molecule has 0 aliphatic rings. The van der Waals surface area contributed by atoms with Gasteiger partial charge in [0.25, 0.3) is 0 Å². The van der Waals surface area contributed by atoms with E-state index in [4.69, 9.17) is 0 Å². The van der Waals surface area contributed by atoms with Gasteiger partial charge in [0.15, 0.2) is 0 Å². The van der Waals surface area contributed by atoms with Gasteiger partial charge in [-0.25, -0.2) is 8.78 Å². The summed E-state index contributed by atoms with van der Waals surface area (Å²) in [4.78, 5) is 2.45. The summed E-state index contributed by atoms with van der Waals surface area (Å²) < 4.78 is 26.6. The van der Waals surface area contributed by atoms with E-state index in [1.54, 1.807) is 11.3 Å². The van der Waals surface area contributed by atoms with Crippen molar-refractivity contribution in [1.82, 2.24) is 5.32 Å². The second kappa shape index (κ2) is 5.80. The zero-order valence-corrected chi connectivity index (χ0v) is 12.1. The molecule has 0 fully saturated rings. The van der Waals surface area contributed by atoms with Crippen LogP contribution < -0.4 is 5.32 Å². The SMILES string of the molecule is CNC(Cc1ccc(F)cc1F)c1cc(C)c(C)s1. The first-order valence-electron chi connectivity index (χ1n) is 6.19. The van der Waals surface area contributed by atoms with E-state index in [1.807, 2.05) is 7.05 Å². The number of rotatable bonds is 4. The Balaban J connectivity index is 2.23. The lowest BCUT2D eigenvalue weighted by atomic mass is 10.0. The third kappa shape index (κ3) is 3.19. The molecule has 4 heteroatoms. The third-order valence-corrected chi connectivity index (χ3v) is 4.58. The van der Waals surface area contributed by atoms with Crippen LogP contribution in [0, 0.1) is 25.5 Å². The lowest BCUT2D eigenvalue weighted by Crippen LogP contribution is -2.18. The summed E-state index contributed by atoms with van der Waals surface area (Å²) in [6, 6.07) is 5.94. The molecular weight excluding hydrogens is 264 g/mol. The molecule has 2 aromatic rings. The van der Waals surface area contributed by atoms with Crippen molar-refractivity contribution in [3.8, 4) is 0 Å². The van der Waals surface area contributed by atoms with Gasteiger partial charge >= 0.3 is 0 Å². The van der Waals surface area contributed by atoms with Gasteiger partial charge in [0.05, 0.1) is 0 Å². The van der Waals surface area contributed by atoms with Crippen molar-refractivity contribution in [3.05, 3.63) is 56.8 Å². The van der Waals surface area contributed by atoms with Crippen molar-refractivity contribution in [2.24, 2.45) is 0 Å². The molecule has 102 valence electrons. The van der Waals surface area contributed by atoms with E-state index < -0.39 is 11.6 Å². The average Bonchev–Trinajstić information content (AvgIpc) is 2.68. The summed E-state index contributed by atoms with van der Waals surface area (Å²) in [6.07, 6.45) is 0.516. The number of thiophene rings is 1. The average molecular weight is 281 g/mol. The summed E-state index contributed by atoms with van der Waals surface area (Å²) in [5, 5.41) is 3.20. The van der Waals surface area contributed by atoms with Crippen LogP contribution in [-0.2, 0) is 6.42 Å². The molecule has 2 rings (SSSR count). The Bertz CT molecular complexity index is 558. The van der Waals surface area contributed by atoms with Crippen LogP contribution in [0.3, 0.4) is 0 Å². The second-order valence-electron chi connectivity index (χ2n) is 4.67. The summed E-state index contributed by atoms with van der Waals surface area (Å²) >= 11 is 1.72. The maximum Gasteiger partial charge on any atom is 0.129 e. The Morgan fingerprint density at radius 1 is 1.21 bits per heavy atom. The highest BCUT2D eigenvalue weighted by Gasteiger charge is 2.16. The number of likely N-dealkylation sites (N-methyl/N-ethyl adjacent to an activating group) is 1. The molecule has 0 radical (unpaired) electrons. The third-order valence-electron chi connectivity index (χ3n) is 3.32. The number of halogens is 2. The molecule has 0 aliphatic heterocycles. The van der Waals surface area contributed by atoms with Crippen LogP contribution >= 0.6 is 11.3 Å². The van der Waals surface area contributed by atoms with Gasteiger partial charge in [-0.05, 0) is 50.6 Å². The zero-order chi connectivity index (χ0) is 14.0. The minimum absolute atomic E-state index is 0.0531. The predicted octanol–water partition coefficient (Wildman–Crippen LogP) is 4.15. The maximum absolute atomic E-state index is 13.7. The summed E-state index contributed by atoms with van der Waals surface area (Å²) in [5.41, 5.74) is 1.78.